The van der Waals surface area contributed by atoms with Crippen molar-refractivity contribution in [1.29, 1.82) is 0 Å². The minimum Gasteiger partial charge on any atom is -0.395 e. The average Bonchev–Trinajstić information content (AvgIpc) is 2.37. The van der Waals surface area contributed by atoms with Gasteiger partial charge in [0.25, 0.3) is 5.56 Å². The van der Waals surface area contributed by atoms with Gasteiger partial charge >= 0.3 is 5.69 Å². The molecule has 0 spiro atoms. The Bertz CT molecular complexity index is 588. The molecule has 0 bridgehead atoms. The number of carbonyl (C=O) groups excluding carboxylic acids is 1. The zero-order valence-corrected chi connectivity index (χ0v) is 11.4. The number of hydrogen-bond acceptors (Lipinski definition) is 4. The van der Waals surface area contributed by atoms with Crippen LogP contribution in [0.3, 0.4) is 0 Å². The second-order valence-corrected chi connectivity index (χ2v) is 4.36. The number of hydrogen-bond donors (Lipinski definition) is 3. The summed E-state index contributed by atoms with van der Waals surface area (Å²) < 4.78 is 0. The van der Waals surface area contributed by atoms with Gasteiger partial charge in [-0.2, -0.15) is 0 Å². The highest BCUT2D eigenvalue weighted by atomic mass is 16.3. The number of aliphatic hydroxyl groups is 1. The molecule has 0 saturated heterocycles. The van der Waals surface area contributed by atoms with E-state index in [0.717, 1.165) is 0 Å². The number of nitrogens with one attached hydrogen (secondary N) is 2. The van der Waals surface area contributed by atoms with Crippen molar-refractivity contribution in [2.45, 2.75) is 19.8 Å². The van der Waals surface area contributed by atoms with E-state index in [-0.39, 0.29) is 31.9 Å². The van der Waals surface area contributed by atoms with Gasteiger partial charge in [-0.3, -0.25) is 14.6 Å². The Morgan fingerprint density at radius 1 is 1.40 bits per heavy atom. The van der Waals surface area contributed by atoms with Crippen molar-refractivity contribution in [3.05, 3.63) is 44.8 Å². The molecule has 1 amide bonds. The highest BCUT2D eigenvalue weighted by Gasteiger charge is 2.14. The first-order valence-electron chi connectivity index (χ1n) is 6.31. The summed E-state index contributed by atoms with van der Waals surface area (Å²) in [6.07, 6.45) is 1.94. The molecule has 0 saturated carbocycles. The van der Waals surface area contributed by atoms with Gasteiger partial charge in [0.15, 0.2) is 0 Å². The highest BCUT2D eigenvalue weighted by Crippen LogP contribution is 2.03. The van der Waals surface area contributed by atoms with Gasteiger partial charge < -0.3 is 15.0 Å². The third-order valence-electron chi connectivity index (χ3n) is 2.92. The van der Waals surface area contributed by atoms with E-state index in [1.165, 1.54) is 4.90 Å². The van der Waals surface area contributed by atoms with Crippen molar-refractivity contribution in [1.82, 2.24) is 14.9 Å². The van der Waals surface area contributed by atoms with Crippen LogP contribution in [0.5, 0.6) is 0 Å². The lowest BCUT2D eigenvalue weighted by Crippen LogP contribution is -2.34. The Morgan fingerprint density at radius 3 is 2.65 bits per heavy atom. The van der Waals surface area contributed by atoms with Crippen molar-refractivity contribution >= 4 is 5.91 Å². The number of aryl methyl sites for hydroxylation is 1. The predicted molar refractivity (Wildman–Crippen MR) is 74.6 cm³/mol. The fourth-order valence-electron chi connectivity index (χ4n) is 1.91. The van der Waals surface area contributed by atoms with Crippen LogP contribution < -0.4 is 11.2 Å². The first-order chi connectivity index (χ1) is 9.49. The molecule has 1 aromatic heterocycles. The number of aromatic nitrogens is 2. The van der Waals surface area contributed by atoms with Gasteiger partial charge in [0.05, 0.1) is 6.61 Å². The predicted octanol–water partition coefficient (Wildman–Crippen LogP) is -0.689. The molecule has 1 aromatic rings. The topological polar surface area (TPSA) is 106 Å². The lowest BCUT2D eigenvalue weighted by atomic mass is 10.1. The standard InChI is InChI=1S/C13H19N3O4/c1-3-6-16(7-8-17)11(18)5-4-10-9(2)14-13(20)15-12(10)19/h3,17H,1,4-8H2,2H3,(H2,14,15,19,20). The van der Waals surface area contributed by atoms with Crippen LogP contribution in [-0.4, -0.2) is 45.6 Å². The number of aliphatic hydroxyl groups excluding tert-OH is 1. The Balaban J connectivity index is 2.76. The van der Waals surface area contributed by atoms with Gasteiger partial charge in [0, 0.05) is 30.8 Å². The van der Waals surface area contributed by atoms with E-state index in [1.54, 1.807) is 13.0 Å². The molecule has 0 aromatic carbocycles. The molecule has 0 unspecified atom stereocenters. The largest absolute Gasteiger partial charge is 0.395 e. The lowest BCUT2D eigenvalue weighted by Gasteiger charge is -2.19. The summed E-state index contributed by atoms with van der Waals surface area (Å²) >= 11 is 0. The summed E-state index contributed by atoms with van der Waals surface area (Å²) in [5, 5.41) is 8.89. The number of aromatic amines is 2. The molecular weight excluding hydrogens is 262 g/mol. The van der Waals surface area contributed by atoms with E-state index in [2.05, 4.69) is 16.5 Å². The van der Waals surface area contributed by atoms with E-state index >= 15 is 0 Å². The molecule has 0 atom stereocenters. The molecule has 1 rings (SSSR count). The smallest absolute Gasteiger partial charge is 0.325 e. The summed E-state index contributed by atoms with van der Waals surface area (Å²) in [5.74, 6) is -0.177. The monoisotopic (exact) mass is 281 g/mol. The Kier molecular flexibility index (Phi) is 5.92. The SMILES string of the molecule is C=CCN(CCO)C(=O)CCc1c(C)[nH]c(=O)[nH]c1=O. The van der Waals surface area contributed by atoms with Gasteiger partial charge in [-0.1, -0.05) is 6.08 Å². The average molecular weight is 281 g/mol. The number of rotatable bonds is 7. The molecule has 1 heterocycles. The summed E-state index contributed by atoms with van der Waals surface area (Å²) in [6.45, 7) is 5.62. The van der Waals surface area contributed by atoms with Gasteiger partial charge in [0.2, 0.25) is 5.91 Å². The van der Waals surface area contributed by atoms with E-state index in [1.807, 2.05) is 0 Å². The summed E-state index contributed by atoms with van der Waals surface area (Å²) in [7, 11) is 0. The van der Waals surface area contributed by atoms with Crippen LogP contribution in [-0.2, 0) is 11.2 Å². The van der Waals surface area contributed by atoms with E-state index in [0.29, 0.717) is 17.8 Å². The normalized spacial score (nSPS) is 10.3. The zero-order valence-electron chi connectivity index (χ0n) is 11.4. The van der Waals surface area contributed by atoms with Crippen LogP contribution in [0.1, 0.15) is 17.7 Å². The molecule has 0 radical (unpaired) electrons. The van der Waals surface area contributed by atoms with Crippen LogP contribution in [0, 0.1) is 6.92 Å². The molecule has 110 valence electrons. The molecule has 0 aliphatic rings. The van der Waals surface area contributed by atoms with E-state index in [4.69, 9.17) is 5.11 Å². The Labute approximate surface area is 116 Å². The summed E-state index contributed by atoms with van der Waals surface area (Å²) in [4.78, 5) is 40.7. The fraction of sp³-hybridized carbons (Fsp3) is 0.462. The van der Waals surface area contributed by atoms with Crippen molar-refractivity contribution in [2.24, 2.45) is 0 Å². The molecule has 7 nitrogen and oxygen atoms in total. The first kappa shape index (κ1) is 15.9. The summed E-state index contributed by atoms with van der Waals surface area (Å²) in [6, 6.07) is 0. The van der Waals surface area contributed by atoms with Crippen LogP contribution in [0.25, 0.3) is 0 Å². The van der Waals surface area contributed by atoms with Gasteiger partial charge in [-0.25, -0.2) is 4.79 Å². The van der Waals surface area contributed by atoms with Crippen LogP contribution >= 0.6 is 0 Å². The molecular formula is C13H19N3O4. The van der Waals surface area contributed by atoms with Crippen molar-refractivity contribution < 1.29 is 9.90 Å². The van der Waals surface area contributed by atoms with Crippen molar-refractivity contribution in [3.8, 4) is 0 Å². The van der Waals surface area contributed by atoms with Crippen LogP contribution in [0.2, 0.25) is 0 Å². The summed E-state index contributed by atoms with van der Waals surface area (Å²) in [5.41, 5.74) is -0.183. The van der Waals surface area contributed by atoms with Crippen molar-refractivity contribution in [2.75, 3.05) is 19.7 Å². The maximum Gasteiger partial charge on any atom is 0.325 e. The second kappa shape index (κ2) is 7.44. The lowest BCUT2D eigenvalue weighted by molar-refractivity contribution is -0.131. The number of amides is 1. The van der Waals surface area contributed by atoms with Gasteiger partial charge in [-0.05, 0) is 13.3 Å². The number of H-pyrrole nitrogens is 2. The van der Waals surface area contributed by atoms with Gasteiger partial charge in [-0.15, -0.1) is 6.58 Å². The van der Waals surface area contributed by atoms with E-state index in [9.17, 15) is 14.4 Å². The third kappa shape index (κ3) is 4.20. The molecule has 0 aliphatic heterocycles. The molecule has 0 fully saturated rings. The van der Waals surface area contributed by atoms with Crippen LogP contribution in [0.15, 0.2) is 22.2 Å². The second-order valence-electron chi connectivity index (χ2n) is 4.36. The number of nitrogens with zero attached hydrogens (tertiary/aromatic N) is 1. The van der Waals surface area contributed by atoms with Crippen LogP contribution in [0.4, 0.5) is 0 Å². The molecule has 7 heteroatoms. The maximum atomic E-state index is 12.0. The van der Waals surface area contributed by atoms with Gasteiger partial charge in [0.1, 0.15) is 0 Å². The minimum absolute atomic E-state index is 0.127. The number of carbonyl (C=O) groups is 1. The molecule has 20 heavy (non-hydrogen) atoms. The molecule has 0 aliphatic carbocycles. The minimum atomic E-state index is -0.559. The Morgan fingerprint density at radius 2 is 2.10 bits per heavy atom. The quantitative estimate of drug-likeness (QED) is 0.575. The highest BCUT2D eigenvalue weighted by molar-refractivity contribution is 5.76. The Hall–Kier alpha value is -2.15. The maximum absolute atomic E-state index is 12.0. The molecule has 3 N–H and O–H groups in total. The van der Waals surface area contributed by atoms with E-state index < -0.39 is 11.2 Å². The zero-order chi connectivity index (χ0) is 15.1. The fourth-order valence-corrected chi connectivity index (χ4v) is 1.91. The third-order valence-corrected chi connectivity index (χ3v) is 2.92. The van der Waals surface area contributed by atoms with Crippen molar-refractivity contribution in [3.63, 3.8) is 0 Å². The first-order valence-corrected chi connectivity index (χ1v) is 6.31.